The molecule has 33 heavy (non-hydrogen) atoms. The van der Waals surface area contributed by atoms with Gasteiger partial charge in [0.1, 0.15) is 11.5 Å². The van der Waals surface area contributed by atoms with Gasteiger partial charge in [0.05, 0.1) is 35.4 Å². The van der Waals surface area contributed by atoms with Crippen LogP contribution in [-0.4, -0.2) is 60.5 Å². The first-order valence-electron chi connectivity index (χ1n) is 10.7. The van der Waals surface area contributed by atoms with Gasteiger partial charge in [-0.15, -0.1) is 0 Å². The number of fused-ring (bicyclic) bond motifs is 1. The minimum Gasteiger partial charge on any atom is -0.378 e. The van der Waals surface area contributed by atoms with Gasteiger partial charge in [0.2, 0.25) is 10.0 Å². The molecule has 3 aromatic rings. The first-order valence-corrected chi connectivity index (χ1v) is 12.1. The minimum absolute atomic E-state index is 0.115. The Labute approximate surface area is 192 Å². The summed E-state index contributed by atoms with van der Waals surface area (Å²) in [5.74, 6) is 1.27. The fraction of sp³-hybridized carbons (Fsp3) is 0.304. The molecule has 10 heteroatoms. The third-order valence-electron chi connectivity index (χ3n) is 5.81. The van der Waals surface area contributed by atoms with Crippen LogP contribution in [0.4, 0.5) is 5.82 Å². The van der Waals surface area contributed by atoms with Gasteiger partial charge in [0.25, 0.3) is 0 Å². The van der Waals surface area contributed by atoms with Crippen molar-refractivity contribution < 1.29 is 13.2 Å². The summed E-state index contributed by atoms with van der Waals surface area (Å²) in [5.41, 5.74) is 2.64. The van der Waals surface area contributed by atoms with Crippen molar-refractivity contribution >= 4 is 15.8 Å². The highest BCUT2D eigenvalue weighted by molar-refractivity contribution is 7.89. The van der Waals surface area contributed by atoms with Crippen LogP contribution in [-0.2, 0) is 27.7 Å². The number of hydrogen-bond acceptors (Lipinski definition) is 8. The molecule has 5 rings (SSSR count). The molecule has 1 fully saturated rings. The lowest BCUT2D eigenvalue weighted by molar-refractivity contribution is 0.122. The highest BCUT2D eigenvalue weighted by atomic mass is 32.2. The molecule has 2 aliphatic rings. The number of pyridine rings is 1. The molecule has 0 aliphatic carbocycles. The zero-order valence-electron chi connectivity index (χ0n) is 17.9. The zero-order chi connectivity index (χ0) is 22.8. The zero-order valence-corrected chi connectivity index (χ0v) is 18.7. The van der Waals surface area contributed by atoms with Crippen molar-refractivity contribution in [3.05, 3.63) is 65.5 Å². The number of aromatic nitrogens is 3. The minimum atomic E-state index is -3.78. The molecular weight excluding hydrogens is 440 g/mol. The summed E-state index contributed by atoms with van der Waals surface area (Å²) in [6.07, 6.45) is 2.17. The highest BCUT2D eigenvalue weighted by Gasteiger charge is 2.33. The molecule has 0 spiro atoms. The number of ether oxygens (including phenoxy) is 1. The van der Waals surface area contributed by atoms with Gasteiger partial charge in [-0.25, -0.2) is 18.4 Å². The lowest BCUT2D eigenvalue weighted by atomic mass is 10.1. The number of nitrogens with zero attached hydrogens (tertiary/aromatic N) is 6. The Morgan fingerprint density at radius 2 is 1.88 bits per heavy atom. The summed E-state index contributed by atoms with van der Waals surface area (Å²) in [4.78, 5) is 16.2. The van der Waals surface area contributed by atoms with E-state index in [0.717, 1.165) is 17.1 Å². The maximum Gasteiger partial charge on any atom is 0.243 e. The van der Waals surface area contributed by atoms with E-state index in [1.807, 2.05) is 24.3 Å². The molecular formula is C23H22N6O3S. The standard InChI is InChI=1S/C23H22N6O3S/c24-15-17-4-3-5-18(14-17)33(30,31)29-9-7-20-19(16-29)23(28-10-12-32-13-11-28)27-22(26-20)21-6-1-2-8-25-21/h1-6,8,14H,7,9-13,16H2. The number of morpholine rings is 1. The van der Waals surface area contributed by atoms with Gasteiger partial charge in [-0.3, -0.25) is 4.98 Å². The second kappa shape index (κ2) is 8.86. The molecule has 9 nitrogen and oxygen atoms in total. The molecule has 2 aromatic heterocycles. The van der Waals surface area contributed by atoms with Crippen LogP contribution in [0.2, 0.25) is 0 Å². The lowest BCUT2D eigenvalue weighted by Crippen LogP contribution is -2.41. The number of anilines is 1. The summed E-state index contributed by atoms with van der Waals surface area (Å²) >= 11 is 0. The molecule has 0 N–H and O–H groups in total. The summed E-state index contributed by atoms with van der Waals surface area (Å²) in [5, 5.41) is 9.17. The number of benzene rings is 1. The van der Waals surface area contributed by atoms with Gasteiger partial charge in [-0.05, 0) is 30.3 Å². The van der Waals surface area contributed by atoms with E-state index in [-0.39, 0.29) is 11.4 Å². The molecule has 0 radical (unpaired) electrons. The second-order valence-electron chi connectivity index (χ2n) is 7.84. The molecule has 0 unspecified atom stereocenters. The number of nitriles is 1. The molecule has 1 saturated heterocycles. The van der Waals surface area contributed by atoms with Crippen LogP contribution in [0, 0.1) is 11.3 Å². The van der Waals surface area contributed by atoms with Gasteiger partial charge < -0.3 is 9.64 Å². The Hall–Kier alpha value is -3.39. The topological polar surface area (TPSA) is 112 Å². The largest absolute Gasteiger partial charge is 0.378 e. The molecule has 0 saturated carbocycles. The maximum atomic E-state index is 13.4. The van der Waals surface area contributed by atoms with Crippen LogP contribution in [0.3, 0.4) is 0 Å². The van der Waals surface area contributed by atoms with E-state index < -0.39 is 10.0 Å². The van der Waals surface area contributed by atoms with E-state index in [4.69, 9.17) is 14.7 Å². The summed E-state index contributed by atoms with van der Waals surface area (Å²) < 4.78 is 33.7. The van der Waals surface area contributed by atoms with Crippen LogP contribution >= 0.6 is 0 Å². The molecule has 0 amide bonds. The Morgan fingerprint density at radius 3 is 2.64 bits per heavy atom. The average molecular weight is 463 g/mol. The predicted molar refractivity (Wildman–Crippen MR) is 121 cm³/mol. The third kappa shape index (κ3) is 4.18. The number of rotatable bonds is 4. The predicted octanol–water partition coefficient (Wildman–Crippen LogP) is 1.99. The summed E-state index contributed by atoms with van der Waals surface area (Å²) in [6.45, 7) is 2.97. The highest BCUT2D eigenvalue weighted by Crippen LogP contribution is 2.32. The lowest BCUT2D eigenvalue weighted by Gasteiger charge is -2.34. The molecule has 4 heterocycles. The summed E-state index contributed by atoms with van der Waals surface area (Å²) in [7, 11) is -3.78. The Kier molecular flexibility index (Phi) is 5.76. The van der Waals surface area contributed by atoms with Crippen molar-refractivity contribution in [3.8, 4) is 17.6 Å². The van der Waals surface area contributed by atoms with Crippen LogP contribution < -0.4 is 4.90 Å². The second-order valence-corrected chi connectivity index (χ2v) is 9.78. The van der Waals surface area contributed by atoms with Gasteiger partial charge in [-0.1, -0.05) is 12.1 Å². The molecule has 168 valence electrons. The normalized spacial score (nSPS) is 16.8. The number of sulfonamides is 1. The third-order valence-corrected chi connectivity index (χ3v) is 7.65. The number of hydrogen-bond donors (Lipinski definition) is 0. The van der Waals surface area contributed by atoms with Crippen molar-refractivity contribution in [1.29, 1.82) is 5.26 Å². The first-order chi connectivity index (χ1) is 16.1. The average Bonchev–Trinajstić information content (AvgIpc) is 2.88. The molecule has 0 bridgehead atoms. The van der Waals surface area contributed by atoms with E-state index in [1.54, 1.807) is 18.3 Å². The van der Waals surface area contributed by atoms with E-state index in [2.05, 4.69) is 9.88 Å². The fourth-order valence-corrected chi connectivity index (χ4v) is 5.55. The van der Waals surface area contributed by atoms with Crippen LogP contribution in [0.5, 0.6) is 0 Å². The maximum absolute atomic E-state index is 13.4. The quantitative estimate of drug-likeness (QED) is 0.579. The Balaban J connectivity index is 1.55. The van der Waals surface area contributed by atoms with E-state index in [1.165, 1.54) is 16.4 Å². The first kappa shape index (κ1) is 21.5. The smallest absolute Gasteiger partial charge is 0.243 e. The fourth-order valence-electron chi connectivity index (χ4n) is 4.10. The van der Waals surface area contributed by atoms with Gasteiger partial charge in [-0.2, -0.15) is 9.57 Å². The van der Waals surface area contributed by atoms with Crippen LogP contribution in [0.15, 0.2) is 53.6 Å². The Morgan fingerprint density at radius 1 is 1.03 bits per heavy atom. The van der Waals surface area contributed by atoms with Crippen molar-refractivity contribution in [1.82, 2.24) is 19.3 Å². The van der Waals surface area contributed by atoms with Crippen molar-refractivity contribution in [2.45, 2.75) is 17.9 Å². The molecule has 2 aliphatic heterocycles. The molecule has 1 aromatic carbocycles. The van der Waals surface area contributed by atoms with Crippen molar-refractivity contribution in [2.75, 3.05) is 37.7 Å². The van der Waals surface area contributed by atoms with Crippen molar-refractivity contribution in [3.63, 3.8) is 0 Å². The van der Waals surface area contributed by atoms with Gasteiger partial charge in [0.15, 0.2) is 5.82 Å². The van der Waals surface area contributed by atoms with Gasteiger partial charge in [0, 0.05) is 44.4 Å². The van der Waals surface area contributed by atoms with E-state index >= 15 is 0 Å². The van der Waals surface area contributed by atoms with Crippen LogP contribution in [0.1, 0.15) is 16.8 Å². The Bertz CT molecular complexity index is 1320. The summed E-state index contributed by atoms with van der Waals surface area (Å²) in [6, 6.07) is 13.7. The van der Waals surface area contributed by atoms with Crippen molar-refractivity contribution in [2.24, 2.45) is 0 Å². The van der Waals surface area contributed by atoms with Crippen LogP contribution in [0.25, 0.3) is 11.5 Å². The monoisotopic (exact) mass is 462 g/mol. The van der Waals surface area contributed by atoms with E-state index in [9.17, 15) is 13.7 Å². The molecule has 0 atom stereocenters. The SMILES string of the molecule is N#Cc1cccc(S(=O)(=O)N2CCc3nc(-c4ccccn4)nc(N4CCOCC4)c3C2)c1. The van der Waals surface area contributed by atoms with Gasteiger partial charge >= 0.3 is 0 Å². The van der Waals surface area contributed by atoms with E-state index in [0.29, 0.717) is 56.4 Å².